The van der Waals surface area contributed by atoms with Gasteiger partial charge in [-0.25, -0.2) is 9.97 Å². The van der Waals surface area contributed by atoms with Gasteiger partial charge in [0.2, 0.25) is 5.95 Å². The summed E-state index contributed by atoms with van der Waals surface area (Å²) < 4.78 is 2.24. The van der Waals surface area contributed by atoms with E-state index in [9.17, 15) is 0 Å². The molecule has 8 aromatic rings. The van der Waals surface area contributed by atoms with E-state index in [4.69, 9.17) is 9.97 Å². The zero-order valence-electron chi connectivity index (χ0n) is 24.6. The highest BCUT2D eigenvalue weighted by molar-refractivity contribution is 6.21. The highest BCUT2D eigenvalue weighted by Crippen LogP contribution is 2.37. The summed E-state index contributed by atoms with van der Waals surface area (Å²) in [6.45, 7) is 4.47. The summed E-state index contributed by atoms with van der Waals surface area (Å²) in [7, 11) is 0. The van der Waals surface area contributed by atoms with E-state index in [1.807, 2.05) is 0 Å². The summed E-state index contributed by atoms with van der Waals surface area (Å²) in [5.74, 6) is 0.693. The molecule has 2 aromatic heterocycles. The maximum atomic E-state index is 5.40. The predicted octanol–water partition coefficient (Wildman–Crippen LogP) is 8.81. The Balaban J connectivity index is 1.33. The Hall–Kier alpha value is -5.54. The normalized spacial score (nSPS) is 13.8. The standard InChI is InChI=1S/C41H29N3/c1-41(2)24-34-35(25-41)42-40(44-36-20-8-7-18-33(36)38-32-17-6-4-12-27(32)21-22-37(38)44)43-39(34)29-15-9-14-28(23-29)31-19-10-13-26-11-3-5-16-30(26)31/h3-25H,1-2H3. The molecule has 0 atom stereocenters. The second kappa shape index (κ2) is 9.23. The lowest BCUT2D eigenvalue weighted by atomic mass is 9.95. The first kappa shape index (κ1) is 25.0. The minimum Gasteiger partial charge on any atom is -0.278 e. The Morgan fingerprint density at radius 1 is 0.545 bits per heavy atom. The fraction of sp³-hybridized carbons (Fsp3) is 0.0732. The van der Waals surface area contributed by atoms with Crippen LogP contribution < -0.4 is 10.6 Å². The highest BCUT2D eigenvalue weighted by atomic mass is 15.2. The Bertz CT molecular complexity index is 2580. The molecule has 208 valence electrons. The van der Waals surface area contributed by atoms with Gasteiger partial charge in [0, 0.05) is 27.0 Å². The van der Waals surface area contributed by atoms with Crippen molar-refractivity contribution < 1.29 is 0 Å². The SMILES string of the molecule is CC1(C)C=c2nc(-n3c4ccccc4c4c5ccccc5ccc43)nc(-c3cccc(-c4cccc5ccccc45)c3)c2=C1. The molecule has 6 aromatic carbocycles. The van der Waals surface area contributed by atoms with Crippen LogP contribution in [-0.2, 0) is 0 Å². The van der Waals surface area contributed by atoms with Crippen LogP contribution in [-0.4, -0.2) is 14.5 Å². The second-order valence-electron chi connectivity index (χ2n) is 12.4. The minimum atomic E-state index is -0.116. The summed E-state index contributed by atoms with van der Waals surface area (Å²) >= 11 is 0. The molecule has 0 aliphatic heterocycles. The van der Waals surface area contributed by atoms with Gasteiger partial charge in [-0.3, -0.25) is 4.57 Å². The highest BCUT2D eigenvalue weighted by Gasteiger charge is 2.23. The molecule has 3 heteroatoms. The smallest absolute Gasteiger partial charge is 0.235 e. The maximum absolute atomic E-state index is 5.40. The number of rotatable bonds is 3. The summed E-state index contributed by atoms with van der Waals surface area (Å²) in [5, 5.41) is 9.48. The van der Waals surface area contributed by atoms with Crippen LogP contribution in [0.4, 0.5) is 0 Å². The lowest BCUT2D eigenvalue weighted by Crippen LogP contribution is -2.30. The monoisotopic (exact) mass is 563 g/mol. The van der Waals surface area contributed by atoms with Crippen LogP contribution in [0.5, 0.6) is 0 Å². The third-order valence-corrected chi connectivity index (χ3v) is 8.99. The van der Waals surface area contributed by atoms with E-state index in [2.05, 4.69) is 158 Å². The van der Waals surface area contributed by atoms with Crippen molar-refractivity contribution in [3.8, 4) is 28.3 Å². The van der Waals surface area contributed by atoms with E-state index in [0.29, 0.717) is 5.95 Å². The number of fused-ring (bicyclic) bond motifs is 7. The fourth-order valence-corrected chi connectivity index (χ4v) is 7.08. The molecule has 44 heavy (non-hydrogen) atoms. The first-order valence-electron chi connectivity index (χ1n) is 15.2. The van der Waals surface area contributed by atoms with E-state index >= 15 is 0 Å². The average molecular weight is 564 g/mol. The van der Waals surface area contributed by atoms with Gasteiger partial charge in [0.05, 0.1) is 22.1 Å². The van der Waals surface area contributed by atoms with E-state index in [0.717, 1.165) is 32.9 Å². The lowest BCUT2D eigenvalue weighted by molar-refractivity contribution is 0.723. The molecule has 0 saturated carbocycles. The van der Waals surface area contributed by atoms with Crippen molar-refractivity contribution in [2.45, 2.75) is 13.8 Å². The van der Waals surface area contributed by atoms with Crippen molar-refractivity contribution in [1.29, 1.82) is 0 Å². The average Bonchev–Trinajstić information content (AvgIpc) is 3.57. The van der Waals surface area contributed by atoms with E-state index < -0.39 is 0 Å². The molecule has 1 aliphatic rings. The number of nitrogens with zero attached hydrogens (tertiary/aromatic N) is 3. The maximum Gasteiger partial charge on any atom is 0.235 e. The zero-order chi connectivity index (χ0) is 29.4. The number of benzene rings is 6. The van der Waals surface area contributed by atoms with Crippen LogP contribution in [0, 0.1) is 5.41 Å². The van der Waals surface area contributed by atoms with Gasteiger partial charge in [-0.2, -0.15) is 0 Å². The molecule has 0 radical (unpaired) electrons. The number of aromatic nitrogens is 3. The Morgan fingerprint density at radius 2 is 1.23 bits per heavy atom. The molecule has 0 unspecified atom stereocenters. The van der Waals surface area contributed by atoms with Crippen LogP contribution in [0.15, 0.2) is 127 Å². The third kappa shape index (κ3) is 3.76. The molecule has 0 saturated heterocycles. The quantitative estimate of drug-likeness (QED) is 0.215. The Kier molecular flexibility index (Phi) is 5.24. The van der Waals surface area contributed by atoms with Gasteiger partial charge in [-0.1, -0.05) is 129 Å². The van der Waals surface area contributed by atoms with Gasteiger partial charge in [0.1, 0.15) is 0 Å². The van der Waals surface area contributed by atoms with Gasteiger partial charge < -0.3 is 0 Å². The van der Waals surface area contributed by atoms with E-state index in [1.165, 1.54) is 43.4 Å². The number of para-hydroxylation sites is 1. The van der Waals surface area contributed by atoms with Gasteiger partial charge >= 0.3 is 0 Å². The number of hydrogen-bond donors (Lipinski definition) is 0. The van der Waals surface area contributed by atoms with Crippen molar-refractivity contribution in [1.82, 2.24) is 14.5 Å². The molecule has 1 aliphatic carbocycles. The van der Waals surface area contributed by atoms with E-state index in [1.54, 1.807) is 0 Å². The predicted molar refractivity (Wildman–Crippen MR) is 184 cm³/mol. The lowest BCUT2D eigenvalue weighted by Gasteiger charge is -2.12. The van der Waals surface area contributed by atoms with Crippen molar-refractivity contribution in [3.63, 3.8) is 0 Å². The molecule has 0 fully saturated rings. The van der Waals surface area contributed by atoms with Crippen molar-refractivity contribution in [2.75, 3.05) is 0 Å². The van der Waals surface area contributed by atoms with Crippen LogP contribution in [0.25, 0.3) is 83.8 Å². The first-order chi connectivity index (χ1) is 21.5. The molecule has 0 spiro atoms. The topological polar surface area (TPSA) is 30.7 Å². The second-order valence-corrected chi connectivity index (χ2v) is 12.4. The molecule has 3 nitrogen and oxygen atoms in total. The molecule has 9 rings (SSSR count). The minimum absolute atomic E-state index is 0.116. The van der Waals surface area contributed by atoms with Crippen molar-refractivity contribution >= 4 is 55.5 Å². The van der Waals surface area contributed by atoms with Gasteiger partial charge in [-0.05, 0) is 56.9 Å². The molecular weight excluding hydrogens is 534 g/mol. The van der Waals surface area contributed by atoms with Gasteiger partial charge in [0.15, 0.2) is 0 Å². The van der Waals surface area contributed by atoms with E-state index in [-0.39, 0.29) is 5.41 Å². The molecule has 0 bridgehead atoms. The van der Waals surface area contributed by atoms with Gasteiger partial charge in [-0.15, -0.1) is 0 Å². The molecular formula is C41H29N3. The fourth-order valence-electron chi connectivity index (χ4n) is 7.08. The third-order valence-electron chi connectivity index (χ3n) is 8.99. The summed E-state index contributed by atoms with van der Waals surface area (Å²) in [4.78, 5) is 10.6. The summed E-state index contributed by atoms with van der Waals surface area (Å²) in [5.41, 5.74) is 6.55. The Labute approximate surface area is 255 Å². The first-order valence-corrected chi connectivity index (χ1v) is 15.2. The van der Waals surface area contributed by atoms with Crippen LogP contribution in [0.3, 0.4) is 0 Å². The molecule has 2 heterocycles. The molecule has 0 N–H and O–H groups in total. The largest absolute Gasteiger partial charge is 0.278 e. The Morgan fingerprint density at radius 3 is 2.09 bits per heavy atom. The summed E-state index contributed by atoms with van der Waals surface area (Å²) in [6, 6.07) is 45.6. The van der Waals surface area contributed by atoms with Crippen molar-refractivity contribution in [2.24, 2.45) is 5.41 Å². The zero-order valence-corrected chi connectivity index (χ0v) is 24.6. The van der Waals surface area contributed by atoms with Crippen LogP contribution in [0.1, 0.15) is 13.8 Å². The van der Waals surface area contributed by atoms with Crippen LogP contribution >= 0.6 is 0 Å². The van der Waals surface area contributed by atoms with Crippen molar-refractivity contribution in [3.05, 3.63) is 138 Å². The van der Waals surface area contributed by atoms with Crippen LogP contribution in [0.2, 0.25) is 0 Å². The molecule has 0 amide bonds. The summed E-state index contributed by atoms with van der Waals surface area (Å²) in [6.07, 6.45) is 4.58. The van der Waals surface area contributed by atoms with Gasteiger partial charge in [0.25, 0.3) is 0 Å². The number of hydrogen-bond acceptors (Lipinski definition) is 2.